The summed E-state index contributed by atoms with van der Waals surface area (Å²) in [5.74, 6) is 0.666. The summed E-state index contributed by atoms with van der Waals surface area (Å²) in [7, 11) is 5.26. The zero-order valence-corrected chi connectivity index (χ0v) is 9.80. The minimum atomic E-state index is -0.242. The highest BCUT2D eigenvalue weighted by Crippen LogP contribution is 2.09. The van der Waals surface area contributed by atoms with Crippen LogP contribution in [-0.2, 0) is 9.53 Å². The molecule has 0 aromatic carbocycles. The summed E-state index contributed by atoms with van der Waals surface area (Å²) in [5, 5.41) is 0. The molecule has 1 aromatic rings. The van der Waals surface area contributed by atoms with Crippen molar-refractivity contribution in [2.24, 2.45) is 0 Å². The van der Waals surface area contributed by atoms with Crippen molar-refractivity contribution in [3.8, 4) is 0 Å². The summed E-state index contributed by atoms with van der Waals surface area (Å²) in [6, 6.07) is 3.88. The van der Waals surface area contributed by atoms with Gasteiger partial charge in [-0.05, 0) is 17.7 Å². The first-order valence-electron chi connectivity index (χ1n) is 5.00. The van der Waals surface area contributed by atoms with E-state index in [1.165, 1.54) is 7.11 Å². The fourth-order valence-electron chi connectivity index (χ4n) is 1.14. The summed E-state index contributed by atoms with van der Waals surface area (Å²) < 4.78 is 4.53. The van der Waals surface area contributed by atoms with Crippen LogP contribution in [0.25, 0.3) is 6.08 Å². The Kier molecular flexibility index (Phi) is 4.51. The highest BCUT2D eigenvalue weighted by molar-refractivity contribution is 5.72. The Hall–Kier alpha value is -1.84. The standard InChI is InChI=1S/C12H16N2O2/c1-14(2)11-8-7-10(9-13-11)5-4-6-12(15)16-3/h4-5,7-9H,6H2,1-3H3. The Balaban J connectivity index is 2.58. The van der Waals surface area contributed by atoms with E-state index in [1.807, 2.05) is 37.2 Å². The highest BCUT2D eigenvalue weighted by atomic mass is 16.5. The molecular formula is C12H16N2O2. The number of carbonyl (C=O) groups excluding carboxylic acids is 1. The second kappa shape index (κ2) is 5.90. The Morgan fingerprint density at radius 3 is 2.75 bits per heavy atom. The van der Waals surface area contributed by atoms with Crippen LogP contribution in [0.3, 0.4) is 0 Å². The SMILES string of the molecule is COC(=O)CC=Cc1ccc(N(C)C)nc1. The number of methoxy groups -OCH3 is 1. The van der Waals surface area contributed by atoms with Crippen LogP contribution in [0.5, 0.6) is 0 Å². The van der Waals surface area contributed by atoms with E-state index in [1.54, 1.807) is 12.3 Å². The highest BCUT2D eigenvalue weighted by Gasteiger charge is 1.96. The molecule has 4 heteroatoms. The fourth-order valence-corrected chi connectivity index (χ4v) is 1.14. The molecule has 0 saturated carbocycles. The first-order chi connectivity index (χ1) is 7.63. The molecule has 0 fully saturated rings. The minimum Gasteiger partial charge on any atom is -0.469 e. The van der Waals surface area contributed by atoms with Gasteiger partial charge in [0.25, 0.3) is 0 Å². The molecule has 0 saturated heterocycles. The van der Waals surface area contributed by atoms with Crippen molar-refractivity contribution in [2.45, 2.75) is 6.42 Å². The first kappa shape index (κ1) is 12.2. The van der Waals surface area contributed by atoms with E-state index in [0.29, 0.717) is 0 Å². The van der Waals surface area contributed by atoms with Crippen molar-refractivity contribution in [1.29, 1.82) is 0 Å². The lowest BCUT2D eigenvalue weighted by Gasteiger charge is -2.10. The molecule has 0 amide bonds. The van der Waals surface area contributed by atoms with Crippen molar-refractivity contribution < 1.29 is 9.53 Å². The number of hydrogen-bond donors (Lipinski definition) is 0. The summed E-state index contributed by atoms with van der Waals surface area (Å²) >= 11 is 0. The van der Waals surface area contributed by atoms with Crippen LogP contribution >= 0.6 is 0 Å². The van der Waals surface area contributed by atoms with Gasteiger partial charge in [-0.1, -0.05) is 12.2 Å². The number of esters is 1. The predicted molar refractivity (Wildman–Crippen MR) is 64.2 cm³/mol. The number of hydrogen-bond acceptors (Lipinski definition) is 4. The zero-order chi connectivity index (χ0) is 12.0. The Morgan fingerprint density at radius 2 is 2.25 bits per heavy atom. The fraction of sp³-hybridized carbons (Fsp3) is 0.333. The molecule has 1 heterocycles. The maximum Gasteiger partial charge on any atom is 0.309 e. The maximum atomic E-state index is 10.8. The molecule has 0 bridgehead atoms. The molecule has 16 heavy (non-hydrogen) atoms. The van der Waals surface area contributed by atoms with Gasteiger partial charge in [0.2, 0.25) is 0 Å². The third kappa shape index (κ3) is 3.73. The van der Waals surface area contributed by atoms with E-state index < -0.39 is 0 Å². The topological polar surface area (TPSA) is 42.4 Å². The minimum absolute atomic E-state index is 0.242. The van der Waals surface area contributed by atoms with Crippen LogP contribution in [0.4, 0.5) is 5.82 Å². The summed E-state index contributed by atoms with van der Waals surface area (Å²) in [4.78, 5) is 17.0. The van der Waals surface area contributed by atoms with Gasteiger partial charge in [0, 0.05) is 20.3 Å². The van der Waals surface area contributed by atoms with Gasteiger partial charge < -0.3 is 9.64 Å². The molecule has 1 rings (SSSR count). The molecule has 0 spiro atoms. The van der Waals surface area contributed by atoms with Crippen LogP contribution in [0.2, 0.25) is 0 Å². The first-order valence-corrected chi connectivity index (χ1v) is 5.00. The molecule has 1 aromatic heterocycles. The van der Waals surface area contributed by atoms with Crippen molar-refractivity contribution >= 4 is 17.9 Å². The van der Waals surface area contributed by atoms with E-state index >= 15 is 0 Å². The van der Waals surface area contributed by atoms with Crippen LogP contribution in [0.1, 0.15) is 12.0 Å². The average molecular weight is 220 g/mol. The lowest BCUT2D eigenvalue weighted by atomic mass is 10.2. The van der Waals surface area contributed by atoms with E-state index in [-0.39, 0.29) is 12.4 Å². The monoisotopic (exact) mass is 220 g/mol. The zero-order valence-electron chi connectivity index (χ0n) is 9.80. The smallest absolute Gasteiger partial charge is 0.309 e. The van der Waals surface area contributed by atoms with Gasteiger partial charge in [-0.25, -0.2) is 4.98 Å². The second-order valence-corrected chi connectivity index (χ2v) is 3.53. The van der Waals surface area contributed by atoms with Crippen molar-refractivity contribution in [3.63, 3.8) is 0 Å². The molecule has 0 aliphatic carbocycles. The van der Waals surface area contributed by atoms with Gasteiger partial charge in [-0.2, -0.15) is 0 Å². The normalized spacial score (nSPS) is 10.4. The third-order valence-electron chi connectivity index (χ3n) is 2.05. The van der Waals surface area contributed by atoms with Crippen LogP contribution in [0.15, 0.2) is 24.4 Å². The number of pyridine rings is 1. The summed E-state index contributed by atoms with van der Waals surface area (Å²) in [5.41, 5.74) is 0.967. The lowest BCUT2D eigenvalue weighted by molar-refractivity contribution is -0.139. The third-order valence-corrected chi connectivity index (χ3v) is 2.05. The Morgan fingerprint density at radius 1 is 1.50 bits per heavy atom. The number of aromatic nitrogens is 1. The largest absolute Gasteiger partial charge is 0.469 e. The summed E-state index contributed by atoms with van der Waals surface area (Å²) in [6.07, 6.45) is 5.66. The molecule has 0 atom stereocenters. The van der Waals surface area contributed by atoms with Gasteiger partial charge in [0.05, 0.1) is 13.5 Å². The number of nitrogens with zero attached hydrogens (tertiary/aromatic N) is 2. The molecule has 0 aliphatic rings. The number of anilines is 1. The predicted octanol–water partition coefficient (Wildman–Crippen LogP) is 1.72. The molecular weight excluding hydrogens is 204 g/mol. The number of carbonyl (C=O) groups is 1. The second-order valence-electron chi connectivity index (χ2n) is 3.53. The molecule has 0 radical (unpaired) electrons. The quantitative estimate of drug-likeness (QED) is 0.725. The van der Waals surface area contributed by atoms with Gasteiger partial charge >= 0.3 is 5.97 Å². The van der Waals surface area contributed by atoms with Crippen LogP contribution < -0.4 is 4.90 Å². The lowest BCUT2D eigenvalue weighted by Crippen LogP contribution is -2.09. The van der Waals surface area contributed by atoms with E-state index in [0.717, 1.165) is 11.4 Å². The van der Waals surface area contributed by atoms with Gasteiger partial charge in [0.15, 0.2) is 0 Å². The van der Waals surface area contributed by atoms with Crippen molar-refractivity contribution in [2.75, 3.05) is 26.1 Å². The number of rotatable bonds is 4. The molecule has 0 N–H and O–H groups in total. The average Bonchev–Trinajstić information content (AvgIpc) is 2.29. The van der Waals surface area contributed by atoms with Crippen LogP contribution in [0, 0.1) is 0 Å². The van der Waals surface area contributed by atoms with Gasteiger partial charge in [-0.3, -0.25) is 4.79 Å². The summed E-state index contributed by atoms with van der Waals surface area (Å²) in [6.45, 7) is 0. The Labute approximate surface area is 95.6 Å². The molecule has 0 unspecified atom stereocenters. The molecule has 86 valence electrons. The molecule has 4 nitrogen and oxygen atoms in total. The molecule has 0 aliphatic heterocycles. The van der Waals surface area contributed by atoms with Gasteiger partial charge in [-0.15, -0.1) is 0 Å². The Bertz CT molecular complexity index is 369. The van der Waals surface area contributed by atoms with Gasteiger partial charge in [0.1, 0.15) is 5.82 Å². The van der Waals surface area contributed by atoms with E-state index in [2.05, 4.69) is 9.72 Å². The van der Waals surface area contributed by atoms with Crippen molar-refractivity contribution in [3.05, 3.63) is 30.0 Å². The maximum absolute atomic E-state index is 10.8. The number of ether oxygens (including phenoxy) is 1. The van der Waals surface area contributed by atoms with Crippen molar-refractivity contribution in [1.82, 2.24) is 4.98 Å². The van der Waals surface area contributed by atoms with Crippen LogP contribution in [-0.4, -0.2) is 32.2 Å². The van der Waals surface area contributed by atoms with E-state index in [9.17, 15) is 4.79 Å². The van der Waals surface area contributed by atoms with E-state index in [4.69, 9.17) is 0 Å².